The maximum atomic E-state index is 12.8. The minimum absolute atomic E-state index is 0.0618. The number of carbonyl (C=O) groups excluding carboxylic acids is 2. The Morgan fingerprint density at radius 2 is 1.92 bits per heavy atom. The number of amides is 1. The molecule has 0 bridgehead atoms. The molecule has 10 nitrogen and oxygen atoms in total. The molecule has 0 spiro atoms. The molecule has 1 aromatic heterocycles. The SMILES string of the molecule is CC(C)(C)c1cc(Cl)cc([C@H](CC(=O)O)CC(=O)CNC(=O)c2cncc(NC3=NCC(O)CN3)c2)c1. The Bertz CT molecular complexity index is 1190. The molecule has 11 heteroatoms. The molecule has 198 valence electrons. The zero-order valence-electron chi connectivity index (χ0n) is 21.0. The highest BCUT2D eigenvalue weighted by atomic mass is 35.5. The van der Waals surface area contributed by atoms with Crippen molar-refractivity contribution < 1.29 is 24.6 Å². The number of benzene rings is 1. The van der Waals surface area contributed by atoms with E-state index in [-0.39, 0.29) is 42.7 Å². The van der Waals surface area contributed by atoms with Crippen LogP contribution in [0.4, 0.5) is 5.69 Å². The van der Waals surface area contributed by atoms with Crippen molar-refractivity contribution in [3.63, 3.8) is 0 Å². The highest BCUT2D eigenvalue weighted by molar-refractivity contribution is 6.30. The summed E-state index contributed by atoms with van der Waals surface area (Å²) in [5.41, 5.74) is 2.16. The number of carboxylic acids is 1. The van der Waals surface area contributed by atoms with Gasteiger partial charge in [-0.3, -0.25) is 24.4 Å². The summed E-state index contributed by atoms with van der Waals surface area (Å²) in [7, 11) is 0. The van der Waals surface area contributed by atoms with Crippen molar-refractivity contribution in [2.24, 2.45) is 4.99 Å². The number of aromatic nitrogens is 1. The van der Waals surface area contributed by atoms with E-state index in [4.69, 9.17) is 11.6 Å². The van der Waals surface area contributed by atoms with Gasteiger partial charge in [-0.1, -0.05) is 38.4 Å². The van der Waals surface area contributed by atoms with Crippen LogP contribution >= 0.6 is 11.6 Å². The fraction of sp³-hybridized carbons (Fsp3) is 0.423. The number of aliphatic carboxylic acids is 1. The number of carboxylic acid groups (broad SMARTS) is 1. The lowest BCUT2D eigenvalue weighted by Gasteiger charge is -2.23. The molecule has 2 aromatic rings. The molecule has 1 unspecified atom stereocenters. The average molecular weight is 530 g/mol. The molecular formula is C26H32ClN5O5. The first-order valence-corrected chi connectivity index (χ1v) is 12.3. The number of carbonyl (C=O) groups is 3. The number of pyridine rings is 1. The number of ketones is 1. The number of guanidine groups is 1. The molecule has 0 radical (unpaired) electrons. The summed E-state index contributed by atoms with van der Waals surface area (Å²) in [6.45, 7) is 6.44. The van der Waals surface area contributed by atoms with Crippen LogP contribution in [0.5, 0.6) is 0 Å². The van der Waals surface area contributed by atoms with Crippen molar-refractivity contribution in [2.45, 2.75) is 51.0 Å². The zero-order chi connectivity index (χ0) is 27.2. The van der Waals surface area contributed by atoms with E-state index in [0.717, 1.165) is 5.56 Å². The third-order valence-electron chi connectivity index (χ3n) is 5.83. The smallest absolute Gasteiger partial charge is 0.303 e. The lowest BCUT2D eigenvalue weighted by atomic mass is 9.83. The van der Waals surface area contributed by atoms with Crippen LogP contribution in [-0.2, 0) is 15.0 Å². The van der Waals surface area contributed by atoms with E-state index < -0.39 is 23.9 Å². The molecule has 2 heterocycles. The van der Waals surface area contributed by atoms with E-state index in [1.54, 1.807) is 12.1 Å². The molecule has 37 heavy (non-hydrogen) atoms. The first-order chi connectivity index (χ1) is 17.4. The van der Waals surface area contributed by atoms with Gasteiger partial charge in [-0.15, -0.1) is 0 Å². The number of halogens is 1. The number of hydrogen-bond donors (Lipinski definition) is 5. The predicted octanol–water partition coefficient (Wildman–Crippen LogP) is 2.71. The number of aliphatic imine (C=N–C) groups is 1. The molecular weight excluding hydrogens is 498 g/mol. The summed E-state index contributed by atoms with van der Waals surface area (Å²) >= 11 is 6.30. The zero-order valence-corrected chi connectivity index (χ0v) is 21.8. The molecule has 1 amide bonds. The van der Waals surface area contributed by atoms with Crippen LogP contribution in [0.2, 0.25) is 5.02 Å². The van der Waals surface area contributed by atoms with Crippen molar-refractivity contribution in [3.05, 3.63) is 58.4 Å². The van der Waals surface area contributed by atoms with Crippen molar-refractivity contribution in [3.8, 4) is 0 Å². The van der Waals surface area contributed by atoms with Gasteiger partial charge in [0.2, 0.25) is 0 Å². The number of aliphatic hydroxyl groups is 1. The van der Waals surface area contributed by atoms with Crippen LogP contribution in [0.1, 0.15) is 61.0 Å². The van der Waals surface area contributed by atoms with Crippen molar-refractivity contribution in [1.29, 1.82) is 0 Å². The Hall–Kier alpha value is -3.50. The number of anilines is 1. The van der Waals surface area contributed by atoms with E-state index in [1.165, 1.54) is 12.4 Å². The fourth-order valence-corrected chi connectivity index (χ4v) is 4.06. The van der Waals surface area contributed by atoms with Gasteiger partial charge in [0, 0.05) is 30.1 Å². The number of hydrogen-bond acceptors (Lipinski definition) is 8. The van der Waals surface area contributed by atoms with Crippen LogP contribution in [0.15, 0.2) is 41.7 Å². The topological polar surface area (TPSA) is 153 Å². The Balaban J connectivity index is 1.64. The Morgan fingerprint density at radius 1 is 1.16 bits per heavy atom. The Morgan fingerprint density at radius 3 is 2.57 bits per heavy atom. The summed E-state index contributed by atoms with van der Waals surface area (Å²) < 4.78 is 0. The fourth-order valence-electron chi connectivity index (χ4n) is 3.81. The van der Waals surface area contributed by atoms with Crippen LogP contribution in [0, 0.1) is 0 Å². The molecule has 0 fully saturated rings. The highest BCUT2D eigenvalue weighted by Crippen LogP contribution is 2.32. The van der Waals surface area contributed by atoms with E-state index in [9.17, 15) is 24.6 Å². The second-order valence-corrected chi connectivity index (χ2v) is 10.5. The second kappa shape index (κ2) is 12.2. The van der Waals surface area contributed by atoms with Gasteiger partial charge in [-0.05, 0) is 34.7 Å². The van der Waals surface area contributed by atoms with E-state index >= 15 is 0 Å². The third kappa shape index (κ3) is 8.54. The van der Waals surface area contributed by atoms with Gasteiger partial charge in [0.05, 0.1) is 43.1 Å². The summed E-state index contributed by atoms with van der Waals surface area (Å²) in [5, 5.41) is 27.9. The molecule has 5 N–H and O–H groups in total. The van der Waals surface area contributed by atoms with Crippen LogP contribution < -0.4 is 16.0 Å². The van der Waals surface area contributed by atoms with Crippen molar-refractivity contribution >= 4 is 40.9 Å². The normalized spacial score (nSPS) is 16.2. The Kier molecular flexibility index (Phi) is 9.23. The lowest BCUT2D eigenvalue weighted by Crippen LogP contribution is -2.42. The number of Topliss-reactive ketones (excluding diaryl/α,β-unsaturated/α-hetero) is 1. The molecule has 0 saturated heterocycles. The summed E-state index contributed by atoms with van der Waals surface area (Å²) in [5.74, 6) is -1.95. The van der Waals surface area contributed by atoms with Crippen LogP contribution in [-0.4, -0.2) is 64.6 Å². The summed E-state index contributed by atoms with van der Waals surface area (Å²) in [6.07, 6.45) is 2.04. The predicted molar refractivity (Wildman–Crippen MR) is 141 cm³/mol. The van der Waals surface area contributed by atoms with Gasteiger partial charge >= 0.3 is 5.97 Å². The highest BCUT2D eigenvalue weighted by Gasteiger charge is 2.23. The summed E-state index contributed by atoms with van der Waals surface area (Å²) in [4.78, 5) is 45.1. The first-order valence-electron chi connectivity index (χ1n) is 11.9. The van der Waals surface area contributed by atoms with Gasteiger partial charge in [0.1, 0.15) is 0 Å². The van der Waals surface area contributed by atoms with Crippen molar-refractivity contribution in [2.75, 3.05) is 25.0 Å². The van der Waals surface area contributed by atoms with Crippen LogP contribution in [0.25, 0.3) is 0 Å². The Labute approximate surface area is 220 Å². The number of aliphatic hydroxyl groups excluding tert-OH is 1. The molecule has 2 atom stereocenters. The number of nitrogens with one attached hydrogen (secondary N) is 3. The second-order valence-electron chi connectivity index (χ2n) is 10.1. The average Bonchev–Trinajstić information content (AvgIpc) is 2.82. The van der Waals surface area contributed by atoms with Gasteiger partial charge in [0.25, 0.3) is 5.91 Å². The minimum atomic E-state index is -1.03. The van der Waals surface area contributed by atoms with Gasteiger partial charge in [-0.25, -0.2) is 0 Å². The molecule has 0 saturated carbocycles. The molecule has 1 aliphatic heterocycles. The first kappa shape index (κ1) is 28.1. The standard InChI is InChI=1S/C26H32ClN5O5/c1-26(2,3)18-4-15(5-19(27)9-18)16(8-23(35)36)7-21(33)12-29-24(37)17-6-20(11-28-10-17)32-25-30-13-22(34)14-31-25/h4-6,9-11,16,22,34H,7-8,12-14H2,1-3H3,(H,29,37)(H,35,36)(H2,30,31,32)/t16-/m0/s1. The van der Waals surface area contributed by atoms with E-state index in [0.29, 0.717) is 28.8 Å². The van der Waals surface area contributed by atoms with Crippen molar-refractivity contribution in [1.82, 2.24) is 15.6 Å². The molecule has 1 aromatic carbocycles. The van der Waals surface area contributed by atoms with E-state index in [2.05, 4.69) is 25.9 Å². The minimum Gasteiger partial charge on any atom is -0.481 e. The maximum Gasteiger partial charge on any atom is 0.303 e. The largest absolute Gasteiger partial charge is 0.481 e. The number of nitrogens with zero attached hydrogens (tertiary/aromatic N) is 2. The molecule has 1 aliphatic rings. The van der Waals surface area contributed by atoms with Gasteiger partial charge in [-0.2, -0.15) is 0 Å². The monoisotopic (exact) mass is 529 g/mol. The summed E-state index contributed by atoms with van der Waals surface area (Å²) in [6, 6.07) is 6.98. The lowest BCUT2D eigenvalue weighted by molar-refractivity contribution is -0.137. The molecule has 0 aliphatic carbocycles. The number of β-amino-alcohol motifs (C(OH)–C–C–N with tert-alkyl or cyclic N) is 1. The maximum absolute atomic E-state index is 12.8. The third-order valence-corrected chi connectivity index (χ3v) is 6.05. The van der Waals surface area contributed by atoms with Gasteiger partial charge in [0.15, 0.2) is 11.7 Å². The van der Waals surface area contributed by atoms with Crippen LogP contribution in [0.3, 0.4) is 0 Å². The van der Waals surface area contributed by atoms with Gasteiger partial charge < -0.3 is 26.2 Å². The number of rotatable bonds is 9. The quantitative estimate of drug-likeness (QED) is 0.332. The van der Waals surface area contributed by atoms with E-state index in [1.807, 2.05) is 32.9 Å². The molecule has 3 rings (SSSR count).